The molecule has 0 bridgehead atoms. The molecule has 8 nitrogen and oxygen atoms in total. The van der Waals surface area contributed by atoms with Crippen molar-refractivity contribution in [3.05, 3.63) is 63.7 Å². The predicted molar refractivity (Wildman–Crippen MR) is 85.4 cm³/mol. The van der Waals surface area contributed by atoms with E-state index in [0.29, 0.717) is 5.69 Å². The highest BCUT2D eigenvalue weighted by atomic mass is 16.6. The maximum Gasteiger partial charge on any atom is 0.335 e. The second-order valence-electron chi connectivity index (χ2n) is 4.95. The van der Waals surface area contributed by atoms with Gasteiger partial charge in [-0.15, -0.1) is 0 Å². The molecular weight excluding hydrogens is 316 g/mol. The summed E-state index contributed by atoms with van der Waals surface area (Å²) in [6, 6.07) is 10.3. The average molecular weight is 330 g/mol. The Bertz CT molecular complexity index is 786. The zero-order valence-electron chi connectivity index (χ0n) is 12.7. The van der Waals surface area contributed by atoms with Crippen LogP contribution in [0.5, 0.6) is 5.75 Å². The van der Waals surface area contributed by atoms with Crippen molar-refractivity contribution in [1.29, 1.82) is 0 Å². The Morgan fingerprint density at radius 1 is 1.21 bits per heavy atom. The molecule has 0 saturated heterocycles. The molecule has 0 atom stereocenters. The van der Waals surface area contributed by atoms with Crippen LogP contribution in [0, 0.1) is 17.0 Å². The molecule has 124 valence electrons. The summed E-state index contributed by atoms with van der Waals surface area (Å²) in [4.78, 5) is 32.9. The van der Waals surface area contributed by atoms with Crippen LogP contribution in [0.3, 0.4) is 0 Å². The summed E-state index contributed by atoms with van der Waals surface area (Å²) >= 11 is 0. The molecule has 2 rings (SSSR count). The van der Waals surface area contributed by atoms with Gasteiger partial charge >= 0.3 is 11.7 Å². The monoisotopic (exact) mass is 330 g/mol. The highest BCUT2D eigenvalue weighted by molar-refractivity contribution is 5.92. The maximum absolute atomic E-state index is 11.8. The zero-order valence-corrected chi connectivity index (χ0v) is 12.7. The number of carbonyl (C=O) groups excluding carboxylic acids is 1. The zero-order chi connectivity index (χ0) is 17.7. The second kappa shape index (κ2) is 7.23. The van der Waals surface area contributed by atoms with Crippen molar-refractivity contribution in [3.63, 3.8) is 0 Å². The molecule has 8 heteroatoms. The first-order valence-electron chi connectivity index (χ1n) is 6.88. The maximum atomic E-state index is 11.8. The Morgan fingerprint density at radius 3 is 2.46 bits per heavy atom. The third-order valence-electron chi connectivity index (χ3n) is 3.10. The number of aromatic carboxylic acids is 1. The first kappa shape index (κ1) is 16.9. The van der Waals surface area contributed by atoms with Crippen LogP contribution in [0.4, 0.5) is 11.4 Å². The molecular formula is C16H14N2O6. The molecule has 0 unspecified atom stereocenters. The van der Waals surface area contributed by atoms with Crippen LogP contribution in [-0.4, -0.2) is 28.5 Å². The van der Waals surface area contributed by atoms with Gasteiger partial charge < -0.3 is 15.2 Å². The minimum Gasteiger partial charge on any atom is -0.478 e. The van der Waals surface area contributed by atoms with Crippen LogP contribution >= 0.6 is 0 Å². The van der Waals surface area contributed by atoms with Crippen molar-refractivity contribution in [1.82, 2.24) is 0 Å². The third-order valence-corrected chi connectivity index (χ3v) is 3.10. The smallest absolute Gasteiger partial charge is 0.335 e. The van der Waals surface area contributed by atoms with E-state index in [2.05, 4.69) is 5.32 Å². The number of carboxylic acids is 1. The minimum atomic E-state index is -1.29. The van der Waals surface area contributed by atoms with Gasteiger partial charge in [0.1, 0.15) is 0 Å². The number of carboxylic acid groups (broad SMARTS) is 1. The number of anilines is 1. The number of amides is 1. The van der Waals surface area contributed by atoms with E-state index in [4.69, 9.17) is 9.84 Å². The lowest BCUT2D eigenvalue weighted by molar-refractivity contribution is -0.385. The van der Waals surface area contributed by atoms with E-state index in [1.807, 2.05) is 19.1 Å². The number of benzene rings is 2. The number of nitrogens with zero attached hydrogens (tertiary/aromatic N) is 1. The van der Waals surface area contributed by atoms with Gasteiger partial charge in [-0.3, -0.25) is 14.9 Å². The number of nitro benzene ring substituents is 1. The predicted octanol–water partition coefficient (Wildman–Crippen LogP) is 2.62. The molecule has 0 spiro atoms. The van der Waals surface area contributed by atoms with Gasteiger partial charge in [-0.1, -0.05) is 17.7 Å². The number of rotatable bonds is 6. The summed E-state index contributed by atoms with van der Waals surface area (Å²) in [5, 5.41) is 22.4. The van der Waals surface area contributed by atoms with Crippen LogP contribution in [0.25, 0.3) is 0 Å². The standard InChI is InChI=1S/C16H14N2O6/c1-10-2-5-12(6-3-10)17-15(19)9-24-14-7-4-11(16(20)21)8-13(14)18(22)23/h2-8H,9H2,1H3,(H,17,19)(H,20,21). The summed E-state index contributed by atoms with van der Waals surface area (Å²) in [6.07, 6.45) is 0. The molecule has 0 saturated carbocycles. The van der Waals surface area contributed by atoms with Gasteiger partial charge in [0.2, 0.25) is 0 Å². The van der Waals surface area contributed by atoms with Crippen molar-refractivity contribution in [2.75, 3.05) is 11.9 Å². The van der Waals surface area contributed by atoms with E-state index in [1.54, 1.807) is 12.1 Å². The largest absolute Gasteiger partial charge is 0.478 e. The number of aryl methyl sites for hydroxylation is 1. The number of ether oxygens (including phenoxy) is 1. The Kier molecular flexibility index (Phi) is 5.10. The number of hydrogen-bond donors (Lipinski definition) is 2. The summed E-state index contributed by atoms with van der Waals surface area (Å²) < 4.78 is 5.14. The number of nitro groups is 1. The summed E-state index contributed by atoms with van der Waals surface area (Å²) in [5.74, 6) is -1.96. The molecule has 1 amide bonds. The fourth-order valence-corrected chi connectivity index (χ4v) is 1.89. The molecule has 2 aromatic carbocycles. The van der Waals surface area contributed by atoms with Crippen molar-refractivity contribution in [2.45, 2.75) is 6.92 Å². The molecule has 0 aromatic heterocycles. The first-order chi connectivity index (χ1) is 11.4. The molecule has 24 heavy (non-hydrogen) atoms. The van der Waals surface area contributed by atoms with E-state index in [1.165, 1.54) is 6.07 Å². The van der Waals surface area contributed by atoms with E-state index in [0.717, 1.165) is 17.7 Å². The molecule has 2 N–H and O–H groups in total. The second-order valence-corrected chi connectivity index (χ2v) is 4.95. The highest BCUT2D eigenvalue weighted by Crippen LogP contribution is 2.28. The molecule has 0 aliphatic rings. The first-order valence-corrected chi connectivity index (χ1v) is 6.88. The molecule has 0 aliphatic heterocycles. The topological polar surface area (TPSA) is 119 Å². The Hall–Kier alpha value is -3.42. The van der Waals surface area contributed by atoms with Gasteiger partial charge in [0.05, 0.1) is 10.5 Å². The van der Waals surface area contributed by atoms with Crippen molar-refractivity contribution >= 4 is 23.3 Å². The summed E-state index contributed by atoms with van der Waals surface area (Å²) in [5.41, 5.74) is 0.861. The lowest BCUT2D eigenvalue weighted by Gasteiger charge is -2.08. The van der Waals surface area contributed by atoms with Gasteiger partial charge in [-0.25, -0.2) is 4.79 Å². The summed E-state index contributed by atoms with van der Waals surface area (Å²) in [7, 11) is 0. The normalized spacial score (nSPS) is 10.0. The Labute approximate surface area is 136 Å². The van der Waals surface area contributed by atoms with Crippen LogP contribution < -0.4 is 10.1 Å². The highest BCUT2D eigenvalue weighted by Gasteiger charge is 2.19. The molecule has 0 radical (unpaired) electrons. The fraction of sp³-hybridized carbons (Fsp3) is 0.125. The van der Waals surface area contributed by atoms with Crippen LogP contribution in [0.15, 0.2) is 42.5 Å². The van der Waals surface area contributed by atoms with Crippen molar-refractivity contribution < 1.29 is 24.4 Å². The molecule has 0 heterocycles. The Morgan fingerprint density at radius 2 is 1.88 bits per heavy atom. The number of nitrogens with one attached hydrogen (secondary N) is 1. The quantitative estimate of drug-likeness (QED) is 0.621. The van der Waals surface area contributed by atoms with E-state index in [9.17, 15) is 19.7 Å². The van der Waals surface area contributed by atoms with Crippen LogP contribution in [-0.2, 0) is 4.79 Å². The van der Waals surface area contributed by atoms with E-state index >= 15 is 0 Å². The van der Waals surface area contributed by atoms with Gasteiger partial charge in [0.25, 0.3) is 5.91 Å². The summed E-state index contributed by atoms with van der Waals surface area (Å²) in [6.45, 7) is 1.47. The van der Waals surface area contributed by atoms with Gasteiger partial charge in [0, 0.05) is 11.8 Å². The fourth-order valence-electron chi connectivity index (χ4n) is 1.89. The van der Waals surface area contributed by atoms with E-state index in [-0.39, 0.29) is 11.3 Å². The van der Waals surface area contributed by atoms with E-state index < -0.39 is 29.1 Å². The van der Waals surface area contributed by atoms with Crippen LogP contribution in [0.1, 0.15) is 15.9 Å². The van der Waals surface area contributed by atoms with Gasteiger partial charge in [-0.2, -0.15) is 0 Å². The average Bonchev–Trinajstić information content (AvgIpc) is 2.54. The number of carbonyl (C=O) groups is 2. The van der Waals surface area contributed by atoms with Crippen molar-refractivity contribution in [3.8, 4) is 5.75 Å². The van der Waals surface area contributed by atoms with Gasteiger partial charge in [0.15, 0.2) is 12.4 Å². The minimum absolute atomic E-state index is 0.177. The van der Waals surface area contributed by atoms with Gasteiger partial charge in [-0.05, 0) is 31.2 Å². The van der Waals surface area contributed by atoms with Crippen molar-refractivity contribution in [2.24, 2.45) is 0 Å². The lowest BCUT2D eigenvalue weighted by Crippen LogP contribution is -2.20. The molecule has 2 aromatic rings. The van der Waals surface area contributed by atoms with Crippen LogP contribution in [0.2, 0.25) is 0 Å². The number of hydrogen-bond acceptors (Lipinski definition) is 5. The third kappa shape index (κ3) is 4.29. The SMILES string of the molecule is Cc1ccc(NC(=O)COc2ccc(C(=O)O)cc2[N+](=O)[O-])cc1. The molecule has 0 aliphatic carbocycles. The molecule has 0 fully saturated rings. The Balaban J connectivity index is 2.05. The lowest BCUT2D eigenvalue weighted by atomic mass is 10.2.